The average Bonchev–Trinajstić information content (AvgIpc) is 2.80. The van der Waals surface area contributed by atoms with Gasteiger partial charge in [-0.2, -0.15) is 0 Å². The van der Waals surface area contributed by atoms with Crippen LogP contribution in [-0.4, -0.2) is 56.8 Å². The summed E-state index contributed by atoms with van der Waals surface area (Å²) in [5.41, 5.74) is 3.45. The highest BCUT2D eigenvalue weighted by Gasteiger charge is 2.27. The number of nitrogens with zero attached hydrogens (tertiary/aromatic N) is 2. The second kappa shape index (κ2) is 9.64. The van der Waals surface area contributed by atoms with Crippen molar-refractivity contribution in [2.75, 3.05) is 42.1 Å². The van der Waals surface area contributed by atoms with Crippen molar-refractivity contribution in [3.8, 4) is 0 Å². The van der Waals surface area contributed by atoms with Crippen molar-refractivity contribution in [3.05, 3.63) is 95.6 Å². The number of carboxylic acid groups (broad SMARTS) is 1. The van der Waals surface area contributed by atoms with Gasteiger partial charge in [0.25, 0.3) is 0 Å². The molecule has 1 saturated heterocycles. The Hall–Kier alpha value is -3.36. The highest BCUT2D eigenvalue weighted by atomic mass is 32.2. The molecule has 1 fully saturated rings. The van der Waals surface area contributed by atoms with Crippen molar-refractivity contribution in [3.63, 3.8) is 0 Å². The quantitative estimate of drug-likeness (QED) is 0.553. The van der Waals surface area contributed by atoms with Gasteiger partial charge in [-0.15, -0.1) is 0 Å². The van der Waals surface area contributed by atoms with Crippen LogP contribution >= 0.6 is 0 Å². The molecular weight excluding hydrogens is 438 g/mol. The number of anilines is 2. The first-order chi connectivity index (χ1) is 15.8. The maximum atomic E-state index is 11.9. The lowest BCUT2D eigenvalue weighted by molar-refractivity contribution is 0.0697. The van der Waals surface area contributed by atoms with Gasteiger partial charge in [0.2, 0.25) is 10.0 Å². The van der Waals surface area contributed by atoms with Crippen molar-refractivity contribution in [1.82, 2.24) is 4.90 Å². The minimum Gasteiger partial charge on any atom is -0.478 e. The van der Waals surface area contributed by atoms with E-state index < -0.39 is 16.0 Å². The largest absolute Gasteiger partial charge is 0.478 e. The summed E-state index contributed by atoms with van der Waals surface area (Å²) in [6.07, 6.45) is 1.06. The Morgan fingerprint density at radius 2 is 1.42 bits per heavy atom. The molecule has 1 aliphatic rings. The van der Waals surface area contributed by atoms with Crippen LogP contribution in [0.2, 0.25) is 0 Å². The number of sulfonamides is 1. The monoisotopic (exact) mass is 465 g/mol. The van der Waals surface area contributed by atoms with Gasteiger partial charge in [0.05, 0.1) is 29.2 Å². The normalized spacial score (nSPS) is 14.9. The van der Waals surface area contributed by atoms with Crippen LogP contribution in [0.15, 0.2) is 78.9 Å². The zero-order valence-electron chi connectivity index (χ0n) is 18.4. The lowest BCUT2D eigenvalue weighted by Gasteiger charge is -2.41. The van der Waals surface area contributed by atoms with Crippen molar-refractivity contribution < 1.29 is 18.3 Å². The van der Waals surface area contributed by atoms with Gasteiger partial charge >= 0.3 is 5.97 Å². The summed E-state index contributed by atoms with van der Waals surface area (Å²) in [6, 6.07) is 25.5. The summed E-state index contributed by atoms with van der Waals surface area (Å²) in [6.45, 7) is 2.91. The highest BCUT2D eigenvalue weighted by Crippen LogP contribution is 2.33. The molecule has 0 aliphatic carbocycles. The molecule has 1 aliphatic heterocycles. The maximum absolute atomic E-state index is 11.9. The van der Waals surface area contributed by atoms with Crippen LogP contribution in [0.3, 0.4) is 0 Å². The summed E-state index contributed by atoms with van der Waals surface area (Å²) in [5.74, 6) is -1.10. The summed E-state index contributed by atoms with van der Waals surface area (Å²) < 4.78 is 26.3. The predicted molar refractivity (Wildman–Crippen MR) is 130 cm³/mol. The lowest BCUT2D eigenvalue weighted by Crippen LogP contribution is -2.48. The molecule has 0 bridgehead atoms. The first-order valence-electron chi connectivity index (χ1n) is 10.8. The van der Waals surface area contributed by atoms with E-state index in [4.69, 9.17) is 0 Å². The third-order valence-corrected chi connectivity index (χ3v) is 6.38. The molecule has 0 saturated carbocycles. The molecule has 33 heavy (non-hydrogen) atoms. The number of rotatable bonds is 7. The molecule has 4 rings (SSSR count). The Balaban J connectivity index is 1.58. The number of piperazine rings is 1. The van der Waals surface area contributed by atoms with Gasteiger partial charge in [-0.1, -0.05) is 60.7 Å². The molecule has 1 heterocycles. The molecule has 3 aromatic carbocycles. The van der Waals surface area contributed by atoms with Gasteiger partial charge in [0.15, 0.2) is 0 Å². The van der Waals surface area contributed by atoms with E-state index in [0.29, 0.717) is 18.8 Å². The van der Waals surface area contributed by atoms with Crippen LogP contribution in [0.1, 0.15) is 27.5 Å². The molecule has 0 unspecified atom stereocenters. The SMILES string of the molecule is CS(=O)(=O)Nc1cc(C(=O)O)ccc1N1CCN(C(c2ccccc2)c2ccccc2)CC1. The third-order valence-electron chi connectivity index (χ3n) is 5.79. The van der Waals surface area contributed by atoms with Gasteiger partial charge in [-0.25, -0.2) is 13.2 Å². The van der Waals surface area contributed by atoms with Crippen molar-refractivity contribution >= 4 is 27.4 Å². The van der Waals surface area contributed by atoms with Crippen molar-refractivity contribution in [2.45, 2.75) is 6.04 Å². The lowest BCUT2D eigenvalue weighted by atomic mass is 9.96. The molecule has 0 aromatic heterocycles. The maximum Gasteiger partial charge on any atom is 0.335 e. The third kappa shape index (κ3) is 5.53. The molecule has 7 nitrogen and oxygen atoms in total. The molecule has 0 atom stereocenters. The standard InChI is InChI=1S/C25H27N3O4S/c1-33(31,32)26-22-18-21(25(29)30)12-13-23(22)27-14-16-28(17-15-27)24(19-8-4-2-5-9-19)20-10-6-3-7-11-20/h2-13,18,24,26H,14-17H2,1H3,(H,29,30). The fourth-order valence-corrected chi connectivity index (χ4v) is 4.90. The van der Waals surface area contributed by atoms with Gasteiger partial charge in [0, 0.05) is 26.2 Å². The van der Waals surface area contributed by atoms with Gasteiger partial charge < -0.3 is 10.0 Å². The number of nitrogens with one attached hydrogen (secondary N) is 1. The number of carbonyl (C=O) groups is 1. The first kappa shape index (κ1) is 22.8. The van der Waals surface area contributed by atoms with Crippen LogP contribution in [-0.2, 0) is 10.0 Å². The van der Waals surface area contributed by atoms with Crippen LogP contribution in [0.4, 0.5) is 11.4 Å². The van der Waals surface area contributed by atoms with Crippen LogP contribution < -0.4 is 9.62 Å². The Morgan fingerprint density at radius 1 is 0.879 bits per heavy atom. The molecule has 172 valence electrons. The number of carboxylic acids is 1. The second-order valence-electron chi connectivity index (χ2n) is 8.16. The Labute approximate surface area is 194 Å². The highest BCUT2D eigenvalue weighted by molar-refractivity contribution is 7.92. The molecule has 0 amide bonds. The molecule has 0 radical (unpaired) electrons. The summed E-state index contributed by atoms with van der Waals surface area (Å²) in [4.78, 5) is 15.9. The fraction of sp³-hybridized carbons (Fsp3) is 0.240. The summed E-state index contributed by atoms with van der Waals surface area (Å²) >= 11 is 0. The van der Waals surface area contributed by atoms with E-state index in [9.17, 15) is 18.3 Å². The van der Waals surface area contributed by atoms with E-state index >= 15 is 0 Å². The van der Waals surface area contributed by atoms with Gasteiger partial charge in [-0.05, 0) is 29.3 Å². The van der Waals surface area contributed by atoms with E-state index in [1.54, 1.807) is 6.07 Å². The number of aromatic carboxylic acids is 1. The topological polar surface area (TPSA) is 89.9 Å². The molecule has 0 spiro atoms. The molecule has 8 heteroatoms. The van der Waals surface area contributed by atoms with Crippen molar-refractivity contribution in [1.29, 1.82) is 0 Å². The Bertz CT molecular complexity index is 1170. The predicted octanol–water partition coefficient (Wildman–Crippen LogP) is 3.67. The minimum atomic E-state index is -3.56. The van der Waals surface area contributed by atoms with E-state index in [-0.39, 0.29) is 17.3 Å². The van der Waals surface area contributed by atoms with Crippen LogP contribution in [0.25, 0.3) is 0 Å². The van der Waals surface area contributed by atoms with Crippen LogP contribution in [0.5, 0.6) is 0 Å². The van der Waals surface area contributed by atoms with E-state index in [2.05, 4.69) is 63.1 Å². The van der Waals surface area contributed by atoms with E-state index in [1.165, 1.54) is 23.3 Å². The molecular formula is C25H27N3O4S. The van der Waals surface area contributed by atoms with Gasteiger partial charge in [-0.3, -0.25) is 9.62 Å². The summed E-state index contributed by atoms with van der Waals surface area (Å²) in [7, 11) is -3.56. The Kier molecular flexibility index (Phi) is 6.67. The first-order valence-corrected chi connectivity index (χ1v) is 12.6. The number of benzene rings is 3. The number of hydrogen-bond acceptors (Lipinski definition) is 5. The second-order valence-corrected chi connectivity index (χ2v) is 9.91. The Morgan fingerprint density at radius 3 is 1.91 bits per heavy atom. The van der Waals surface area contributed by atoms with Gasteiger partial charge in [0.1, 0.15) is 0 Å². The minimum absolute atomic E-state index is 0.0387. The average molecular weight is 466 g/mol. The van der Waals surface area contributed by atoms with E-state index in [0.717, 1.165) is 19.3 Å². The van der Waals surface area contributed by atoms with E-state index in [1.807, 2.05) is 12.1 Å². The van der Waals surface area contributed by atoms with Crippen molar-refractivity contribution in [2.24, 2.45) is 0 Å². The molecule has 3 aromatic rings. The fourth-order valence-electron chi connectivity index (χ4n) is 4.33. The summed E-state index contributed by atoms with van der Waals surface area (Å²) in [5, 5.41) is 9.32. The smallest absolute Gasteiger partial charge is 0.335 e. The molecule has 2 N–H and O–H groups in total. The zero-order chi connectivity index (χ0) is 23.4. The van der Waals surface area contributed by atoms with Crippen LogP contribution in [0, 0.1) is 0 Å². The zero-order valence-corrected chi connectivity index (χ0v) is 19.2. The number of hydrogen-bond donors (Lipinski definition) is 2.